The smallest absolute Gasteiger partial charge is 0.325 e. The van der Waals surface area contributed by atoms with Crippen LogP contribution in [0.25, 0.3) is 0 Å². The Morgan fingerprint density at radius 2 is 2.00 bits per heavy atom. The summed E-state index contributed by atoms with van der Waals surface area (Å²) >= 11 is 0. The molecule has 0 atom stereocenters. The zero-order chi connectivity index (χ0) is 14.7. The van der Waals surface area contributed by atoms with Gasteiger partial charge in [-0.15, -0.1) is 0 Å². The van der Waals surface area contributed by atoms with Crippen molar-refractivity contribution >= 4 is 10.0 Å². The van der Waals surface area contributed by atoms with Gasteiger partial charge in [-0.1, -0.05) is 6.92 Å². The Morgan fingerprint density at radius 1 is 1.37 bits per heavy atom. The van der Waals surface area contributed by atoms with Crippen LogP contribution in [-0.2, 0) is 16.6 Å². The van der Waals surface area contributed by atoms with Crippen LogP contribution in [0.1, 0.15) is 12.6 Å². The van der Waals surface area contributed by atoms with E-state index >= 15 is 0 Å². The van der Waals surface area contributed by atoms with Crippen molar-refractivity contribution in [2.45, 2.75) is 24.5 Å². The van der Waals surface area contributed by atoms with E-state index in [4.69, 9.17) is 5.73 Å². The molecule has 0 unspecified atom stereocenters. The molecule has 0 aromatic carbocycles. The lowest BCUT2D eigenvalue weighted by molar-refractivity contribution is -0.135. The first-order valence-corrected chi connectivity index (χ1v) is 6.86. The van der Waals surface area contributed by atoms with Crippen molar-refractivity contribution in [1.82, 2.24) is 9.29 Å². The highest BCUT2D eigenvalue weighted by Gasteiger charge is 2.36. The molecule has 0 saturated carbocycles. The molecule has 5 nitrogen and oxygen atoms in total. The predicted molar refractivity (Wildman–Crippen MR) is 62.6 cm³/mol. The van der Waals surface area contributed by atoms with E-state index in [1.165, 1.54) is 19.1 Å². The number of hydrogen-bond donors (Lipinski definition) is 1. The summed E-state index contributed by atoms with van der Waals surface area (Å²) in [4.78, 5) is 3.48. The molecule has 1 rings (SSSR count). The van der Waals surface area contributed by atoms with Crippen LogP contribution in [0.5, 0.6) is 0 Å². The maximum atomic E-state index is 12.3. The average molecular weight is 297 g/mol. The number of sulfonamides is 1. The molecule has 1 aromatic rings. The van der Waals surface area contributed by atoms with Crippen molar-refractivity contribution < 1.29 is 21.6 Å². The quantitative estimate of drug-likeness (QED) is 0.883. The van der Waals surface area contributed by atoms with Gasteiger partial charge in [0.05, 0.1) is 5.69 Å². The molecule has 0 fully saturated rings. The topological polar surface area (TPSA) is 76.3 Å². The molecule has 1 heterocycles. The Hall–Kier alpha value is -1.19. The second kappa shape index (κ2) is 5.85. The standard InChI is InChI=1S/C10H14F3N3O2S/c1-2-16(7-10(11,12)13)19(17,18)9-4-3-8(5-14)15-6-9/h3-4,6H,2,5,7,14H2,1H3. The molecular formula is C10H14F3N3O2S. The lowest BCUT2D eigenvalue weighted by Gasteiger charge is -2.21. The van der Waals surface area contributed by atoms with Gasteiger partial charge in [0.2, 0.25) is 10.0 Å². The minimum atomic E-state index is -4.59. The lowest BCUT2D eigenvalue weighted by Crippen LogP contribution is -2.38. The normalized spacial score (nSPS) is 12.9. The number of nitrogens with zero attached hydrogens (tertiary/aromatic N) is 2. The lowest BCUT2D eigenvalue weighted by atomic mass is 10.4. The van der Waals surface area contributed by atoms with Crippen molar-refractivity contribution in [3.63, 3.8) is 0 Å². The van der Waals surface area contributed by atoms with Gasteiger partial charge < -0.3 is 5.73 Å². The van der Waals surface area contributed by atoms with E-state index in [9.17, 15) is 21.6 Å². The molecule has 0 aliphatic carbocycles. The number of pyridine rings is 1. The zero-order valence-electron chi connectivity index (χ0n) is 10.2. The molecule has 2 N–H and O–H groups in total. The van der Waals surface area contributed by atoms with Crippen molar-refractivity contribution in [3.05, 3.63) is 24.0 Å². The van der Waals surface area contributed by atoms with Crippen molar-refractivity contribution in [2.75, 3.05) is 13.1 Å². The summed E-state index contributed by atoms with van der Waals surface area (Å²) in [7, 11) is -4.20. The van der Waals surface area contributed by atoms with Gasteiger partial charge in [0, 0.05) is 19.3 Å². The monoisotopic (exact) mass is 297 g/mol. The summed E-state index contributed by atoms with van der Waals surface area (Å²) < 4.78 is 61.3. The zero-order valence-corrected chi connectivity index (χ0v) is 11.0. The first-order chi connectivity index (χ1) is 8.70. The van der Waals surface area contributed by atoms with Gasteiger partial charge in [0.1, 0.15) is 11.4 Å². The van der Waals surface area contributed by atoms with E-state index < -0.39 is 22.7 Å². The van der Waals surface area contributed by atoms with Gasteiger partial charge in [-0.3, -0.25) is 4.98 Å². The summed E-state index contributed by atoms with van der Waals surface area (Å²) in [6, 6.07) is 2.57. The number of halogens is 3. The second-order valence-electron chi connectivity index (χ2n) is 3.74. The Kier molecular flexibility index (Phi) is 4.88. The molecular weight excluding hydrogens is 283 g/mol. The van der Waals surface area contributed by atoms with Crippen molar-refractivity contribution in [2.24, 2.45) is 5.73 Å². The average Bonchev–Trinajstić information content (AvgIpc) is 2.34. The number of hydrogen-bond acceptors (Lipinski definition) is 4. The highest BCUT2D eigenvalue weighted by molar-refractivity contribution is 7.89. The number of nitrogens with two attached hydrogens (primary N) is 1. The third kappa shape index (κ3) is 4.15. The fraction of sp³-hybridized carbons (Fsp3) is 0.500. The molecule has 0 radical (unpaired) electrons. The van der Waals surface area contributed by atoms with E-state index in [2.05, 4.69) is 4.98 Å². The van der Waals surface area contributed by atoms with Crippen LogP contribution < -0.4 is 5.73 Å². The molecule has 9 heteroatoms. The maximum absolute atomic E-state index is 12.3. The van der Waals surface area contributed by atoms with E-state index in [0.717, 1.165) is 6.20 Å². The minimum Gasteiger partial charge on any atom is -0.325 e. The van der Waals surface area contributed by atoms with Crippen LogP contribution in [0.15, 0.2) is 23.2 Å². The largest absolute Gasteiger partial charge is 0.402 e. The molecule has 0 aliphatic rings. The third-order valence-corrected chi connectivity index (χ3v) is 4.26. The van der Waals surface area contributed by atoms with Gasteiger partial charge in [-0.25, -0.2) is 8.42 Å². The highest BCUT2D eigenvalue weighted by Crippen LogP contribution is 2.22. The molecule has 1 aromatic heterocycles. The fourth-order valence-corrected chi connectivity index (χ4v) is 2.78. The Balaban J connectivity index is 3.06. The van der Waals surface area contributed by atoms with E-state index in [-0.39, 0.29) is 18.0 Å². The van der Waals surface area contributed by atoms with Gasteiger partial charge in [0.15, 0.2) is 0 Å². The molecule has 0 bridgehead atoms. The molecule has 0 spiro atoms. The predicted octanol–water partition coefficient (Wildman–Crippen LogP) is 1.11. The number of rotatable bonds is 5. The van der Waals surface area contributed by atoms with E-state index in [1.807, 2.05) is 0 Å². The van der Waals surface area contributed by atoms with E-state index in [1.54, 1.807) is 0 Å². The summed E-state index contributed by atoms with van der Waals surface area (Å²) in [5, 5.41) is 0. The molecule has 108 valence electrons. The highest BCUT2D eigenvalue weighted by atomic mass is 32.2. The third-order valence-electron chi connectivity index (χ3n) is 2.35. The molecule has 0 amide bonds. The summed E-state index contributed by atoms with van der Waals surface area (Å²) in [5.74, 6) is 0. The van der Waals surface area contributed by atoms with Crippen LogP contribution in [0.2, 0.25) is 0 Å². The van der Waals surface area contributed by atoms with Crippen molar-refractivity contribution in [3.8, 4) is 0 Å². The van der Waals surface area contributed by atoms with Crippen LogP contribution >= 0.6 is 0 Å². The summed E-state index contributed by atoms with van der Waals surface area (Å²) in [6.07, 6.45) is -3.58. The number of aromatic nitrogens is 1. The SMILES string of the molecule is CCN(CC(F)(F)F)S(=O)(=O)c1ccc(CN)nc1. The fourth-order valence-electron chi connectivity index (χ4n) is 1.40. The first-order valence-electron chi connectivity index (χ1n) is 5.42. The molecule has 0 saturated heterocycles. The summed E-state index contributed by atoms with van der Waals surface area (Å²) in [6.45, 7) is -0.337. The second-order valence-corrected chi connectivity index (χ2v) is 5.67. The van der Waals surface area contributed by atoms with Crippen LogP contribution in [0.3, 0.4) is 0 Å². The van der Waals surface area contributed by atoms with Crippen LogP contribution in [0, 0.1) is 0 Å². The minimum absolute atomic E-state index is 0.125. The van der Waals surface area contributed by atoms with Gasteiger partial charge >= 0.3 is 6.18 Å². The Labute approximate surface area is 109 Å². The Morgan fingerprint density at radius 3 is 2.37 bits per heavy atom. The first kappa shape index (κ1) is 15.9. The van der Waals surface area contributed by atoms with Gasteiger partial charge in [0.25, 0.3) is 0 Å². The van der Waals surface area contributed by atoms with Crippen LogP contribution in [-0.4, -0.2) is 37.0 Å². The molecule has 19 heavy (non-hydrogen) atoms. The van der Waals surface area contributed by atoms with Crippen LogP contribution in [0.4, 0.5) is 13.2 Å². The van der Waals surface area contributed by atoms with E-state index in [0.29, 0.717) is 10.00 Å². The maximum Gasteiger partial charge on any atom is 0.402 e. The van der Waals surface area contributed by atoms with Crippen molar-refractivity contribution in [1.29, 1.82) is 0 Å². The Bertz CT molecular complexity index is 514. The summed E-state index contributed by atoms with van der Waals surface area (Å²) in [5.41, 5.74) is 5.76. The molecule has 0 aliphatic heterocycles. The van der Waals surface area contributed by atoms with Gasteiger partial charge in [-0.05, 0) is 12.1 Å². The van der Waals surface area contributed by atoms with Gasteiger partial charge in [-0.2, -0.15) is 17.5 Å². The number of alkyl halides is 3.